The number of carboxylic acid groups (broad SMARTS) is 2. The Kier molecular flexibility index (Phi) is 11.6. The molecular weight excluding hydrogens is 534 g/mol. The van der Waals surface area contributed by atoms with E-state index in [1.807, 2.05) is 11.3 Å². The van der Waals surface area contributed by atoms with Crippen LogP contribution in [0.3, 0.4) is 0 Å². The summed E-state index contributed by atoms with van der Waals surface area (Å²) in [6.45, 7) is 8.38. The third kappa shape index (κ3) is 11.1. The number of likely N-dealkylation sites (tertiary alicyclic amines) is 1. The van der Waals surface area contributed by atoms with E-state index in [0.717, 1.165) is 45.9 Å². The van der Waals surface area contributed by atoms with Crippen LogP contribution in [0.1, 0.15) is 30.6 Å². The summed E-state index contributed by atoms with van der Waals surface area (Å²) in [5, 5.41) is 16.4. The highest BCUT2D eigenvalue weighted by atomic mass is 32.1. The number of halogens is 6. The molecule has 0 radical (unpaired) electrons. The predicted molar refractivity (Wildman–Crippen MR) is 120 cm³/mol. The number of hydrogen-bond donors (Lipinski definition) is 2. The van der Waals surface area contributed by atoms with Crippen molar-refractivity contribution in [2.24, 2.45) is 0 Å². The Hall–Kier alpha value is -1.94. The number of nitrogens with zero attached hydrogens (tertiary/aromatic N) is 2. The van der Waals surface area contributed by atoms with Crippen molar-refractivity contribution in [1.82, 2.24) is 9.80 Å². The van der Waals surface area contributed by atoms with Gasteiger partial charge in [-0.05, 0) is 37.1 Å². The Labute approximate surface area is 213 Å². The lowest BCUT2D eigenvalue weighted by atomic mass is 9.90. The van der Waals surface area contributed by atoms with Crippen LogP contribution < -0.4 is 0 Å². The fourth-order valence-electron chi connectivity index (χ4n) is 4.31. The lowest BCUT2D eigenvalue weighted by molar-refractivity contribution is -0.193. The van der Waals surface area contributed by atoms with Gasteiger partial charge < -0.3 is 19.7 Å². The van der Waals surface area contributed by atoms with Gasteiger partial charge in [-0.1, -0.05) is 6.07 Å². The molecule has 0 unspecified atom stereocenters. The van der Waals surface area contributed by atoms with Crippen molar-refractivity contribution in [2.45, 2.75) is 56.3 Å². The van der Waals surface area contributed by atoms with E-state index in [4.69, 9.17) is 29.3 Å². The topological polar surface area (TPSA) is 99.5 Å². The molecule has 0 saturated carbocycles. The molecule has 2 atom stereocenters. The van der Waals surface area contributed by atoms with Crippen molar-refractivity contribution >= 4 is 23.3 Å². The van der Waals surface area contributed by atoms with E-state index < -0.39 is 24.3 Å². The first-order chi connectivity index (χ1) is 17.2. The Morgan fingerprint density at radius 2 is 1.59 bits per heavy atom. The maximum absolute atomic E-state index is 10.6. The highest BCUT2D eigenvalue weighted by molar-refractivity contribution is 7.09. The Morgan fingerprint density at radius 3 is 2.11 bits per heavy atom. The monoisotopic (exact) mass is 564 g/mol. The minimum Gasteiger partial charge on any atom is -0.475 e. The number of hydrogen-bond acceptors (Lipinski definition) is 7. The summed E-state index contributed by atoms with van der Waals surface area (Å²) in [5.74, 6) is -5.51. The number of carbonyl (C=O) groups is 2. The molecule has 1 aromatic heterocycles. The van der Waals surface area contributed by atoms with Crippen molar-refractivity contribution in [3.05, 3.63) is 22.4 Å². The Balaban J connectivity index is 0.000000286. The summed E-state index contributed by atoms with van der Waals surface area (Å²) < 4.78 is 75.6. The standard InChI is InChI=1S/C18H28N2O2S.2C2HF3O2/c1-3-16(13-19-8-10-21-11-9-19)22-18(5-1)6-7-20(15-18)14-17-4-2-12-23-17;2*3-2(4,5)1(6)7/h2,4,12,16H,1,3,5-11,13-15H2;2*(H,6,7)/t16-,18-;;/m1../s1. The van der Waals surface area contributed by atoms with Crippen LogP contribution in [0.4, 0.5) is 26.3 Å². The highest BCUT2D eigenvalue weighted by Crippen LogP contribution is 2.37. The predicted octanol–water partition coefficient (Wildman–Crippen LogP) is 3.86. The molecule has 0 bridgehead atoms. The van der Waals surface area contributed by atoms with Crippen LogP contribution in [-0.2, 0) is 25.6 Å². The Bertz CT molecular complexity index is 824. The molecule has 4 rings (SSSR count). The van der Waals surface area contributed by atoms with E-state index >= 15 is 0 Å². The second-order valence-corrected chi connectivity index (χ2v) is 9.91. The minimum absolute atomic E-state index is 0.131. The van der Waals surface area contributed by atoms with Crippen LogP contribution in [0.5, 0.6) is 0 Å². The molecule has 2 N–H and O–H groups in total. The zero-order valence-corrected chi connectivity index (χ0v) is 20.7. The molecule has 0 amide bonds. The number of alkyl halides is 6. The molecule has 3 aliphatic heterocycles. The second kappa shape index (κ2) is 13.7. The van der Waals surface area contributed by atoms with Gasteiger partial charge in [-0.3, -0.25) is 9.80 Å². The van der Waals surface area contributed by atoms with E-state index in [0.29, 0.717) is 6.10 Å². The van der Waals surface area contributed by atoms with Crippen molar-refractivity contribution in [2.75, 3.05) is 45.9 Å². The normalized spacial score (nSPS) is 25.1. The fourth-order valence-corrected chi connectivity index (χ4v) is 5.06. The van der Waals surface area contributed by atoms with Crippen molar-refractivity contribution in [1.29, 1.82) is 0 Å². The highest BCUT2D eigenvalue weighted by Gasteiger charge is 2.43. The van der Waals surface area contributed by atoms with E-state index in [2.05, 4.69) is 27.3 Å². The minimum atomic E-state index is -5.08. The van der Waals surface area contributed by atoms with Gasteiger partial charge in [0.15, 0.2) is 0 Å². The number of morpholine rings is 1. The fraction of sp³-hybridized carbons (Fsp3) is 0.727. The first kappa shape index (κ1) is 31.3. The number of rotatable bonds is 4. The second-order valence-electron chi connectivity index (χ2n) is 8.87. The van der Waals surface area contributed by atoms with E-state index in [-0.39, 0.29) is 5.60 Å². The van der Waals surface area contributed by atoms with Crippen LogP contribution in [0, 0.1) is 0 Å². The van der Waals surface area contributed by atoms with E-state index in [9.17, 15) is 26.3 Å². The van der Waals surface area contributed by atoms with Crippen LogP contribution in [-0.4, -0.2) is 102 Å². The summed E-state index contributed by atoms with van der Waals surface area (Å²) in [7, 11) is 0. The molecule has 3 fully saturated rings. The molecule has 212 valence electrons. The molecule has 3 saturated heterocycles. The molecule has 0 aromatic carbocycles. The number of carboxylic acids is 2. The van der Waals surface area contributed by atoms with Crippen molar-refractivity contribution < 1.29 is 55.6 Å². The molecule has 37 heavy (non-hydrogen) atoms. The molecule has 1 spiro atoms. The quantitative estimate of drug-likeness (QED) is 0.532. The summed E-state index contributed by atoms with van der Waals surface area (Å²) in [5.41, 5.74) is 0.131. The van der Waals surface area contributed by atoms with Gasteiger partial charge in [-0.2, -0.15) is 26.3 Å². The Morgan fingerprint density at radius 1 is 1.00 bits per heavy atom. The van der Waals surface area contributed by atoms with Crippen molar-refractivity contribution in [3.63, 3.8) is 0 Å². The average Bonchev–Trinajstić information content (AvgIpc) is 3.45. The molecular formula is C22H30F6N2O6S. The summed E-state index contributed by atoms with van der Waals surface area (Å²) >= 11 is 1.87. The first-order valence-electron chi connectivity index (χ1n) is 11.5. The summed E-state index contributed by atoms with van der Waals surface area (Å²) in [4.78, 5) is 24.4. The van der Waals surface area contributed by atoms with Gasteiger partial charge in [0, 0.05) is 44.1 Å². The average molecular weight is 565 g/mol. The van der Waals surface area contributed by atoms with Crippen LogP contribution in [0.15, 0.2) is 17.5 Å². The molecule has 8 nitrogen and oxygen atoms in total. The van der Waals surface area contributed by atoms with Gasteiger partial charge in [0.2, 0.25) is 0 Å². The van der Waals surface area contributed by atoms with Crippen LogP contribution in [0.25, 0.3) is 0 Å². The lowest BCUT2D eigenvalue weighted by Gasteiger charge is -2.41. The van der Waals surface area contributed by atoms with Crippen molar-refractivity contribution in [3.8, 4) is 0 Å². The van der Waals surface area contributed by atoms with Gasteiger partial charge >= 0.3 is 24.3 Å². The van der Waals surface area contributed by atoms with Gasteiger partial charge in [-0.15, -0.1) is 11.3 Å². The third-order valence-electron chi connectivity index (χ3n) is 5.98. The smallest absolute Gasteiger partial charge is 0.475 e. The third-order valence-corrected chi connectivity index (χ3v) is 6.84. The number of thiophene rings is 1. The zero-order chi connectivity index (χ0) is 27.7. The molecule has 1 aromatic rings. The molecule has 15 heteroatoms. The van der Waals surface area contributed by atoms with Gasteiger partial charge in [-0.25, -0.2) is 9.59 Å². The van der Waals surface area contributed by atoms with Crippen LogP contribution in [0.2, 0.25) is 0 Å². The molecule has 3 aliphatic rings. The van der Waals surface area contributed by atoms with E-state index in [1.54, 1.807) is 0 Å². The summed E-state index contributed by atoms with van der Waals surface area (Å²) in [6, 6.07) is 4.40. The van der Waals surface area contributed by atoms with E-state index in [1.165, 1.54) is 37.1 Å². The van der Waals surface area contributed by atoms with Gasteiger partial charge in [0.25, 0.3) is 0 Å². The maximum Gasteiger partial charge on any atom is 0.490 e. The number of aliphatic carboxylic acids is 2. The first-order valence-corrected chi connectivity index (χ1v) is 12.4. The van der Waals surface area contributed by atoms with Gasteiger partial charge in [0.05, 0.1) is 24.9 Å². The van der Waals surface area contributed by atoms with Gasteiger partial charge in [0.1, 0.15) is 0 Å². The maximum atomic E-state index is 10.6. The molecule has 4 heterocycles. The number of ether oxygens (including phenoxy) is 2. The zero-order valence-electron chi connectivity index (χ0n) is 19.9. The lowest BCUT2D eigenvalue weighted by Crippen LogP contribution is -2.48. The van der Waals surface area contributed by atoms with Crippen LogP contribution >= 0.6 is 11.3 Å². The largest absolute Gasteiger partial charge is 0.490 e. The SMILES string of the molecule is O=C(O)C(F)(F)F.O=C(O)C(F)(F)F.c1csc(CN2CC[C@]3(CCC[C@H](CN4CCOCC4)O3)C2)c1. The summed E-state index contributed by atoms with van der Waals surface area (Å²) in [6.07, 6.45) is -4.75. The molecule has 0 aliphatic carbocycles.